The van der Waals surface area contributed by atoms with Crippen LogP contribution in [0.15, 0.2) is 35.1 Å². The molecule has 0 fully saturated rings. The molecule has 0 spiro atoms. The van der Waals surface area contributed by atoms with E-state index in [1.807, 2.05) is 0 Å². The van der Waals surface area contributed by atoms with Crippen LogP contribution in [0.25, 0.3) is 11.1 Å². The van der Waals surface area contributed by atoms with E-state index in [9.17, 15) is 14.4 Å². The Hall–Kier alpha value is -2.81. The van der Waals surface area contributed by atoms with E-state index < -0.39 is 6.09 Å². The van der Waals surface area contributed by atoms with Gasteiger partial charge in [-0.05, 0) is 34.9 Å². The summed E-state index contributed by atoms with van der Waals surface area (Å²) in [6.07, 6.45) is -1.16. The SMILES string of the molecule is CC(=O)NC(CSCC(C)(C)C)c1cc(-c2ccc(NC(=O)O)cc2)c(=O)[nH]n1. The molecule has 0 bridgehead atoms. The van der Waals surface area contributed by atoms with Gasteiger partial charge in [-0.15, -0.1) is 0 Å². The molecule has 1 heterocycles. The standard InChI is InChI=1S/C20H26N4O4S/c1-12(25)21-17(10-29-11-20(2,3)4)16-9-15(18(26)24-23-16)13-5-7-14(8-6-13)22-19(27)28/h5-9,17,22H,10-11H2,1-4H3,(H,21,25)(H,24,26)(H,27,28). The lowest BCUT2D eigenvalue weighted by molar-refractivity contribution is -0.119. The van der Waals surface area contributed by atoms with E-state index in [0.717, 1.165) is 5.75 Å². The van der Waals surface area contributed by atoms with Gasteiger partial charge in [0.05, 0.1) is 17.3 Å². The fourth-order valence-electron chi connectivity index (χ4n) is 2.60. The van der Waals surface area contributed by atoms with Crippen molar-refractivity contribution < 1.29 is 14.7 Å². The van der Waals surface area contributed by atoms with E-state index in [1.165, 1.54) is 6.92 Å². The topological polar surface area (TPSA) is 124 Å². The van der Waals surface area contributed by atoms with Crippen LogP contribution in [0.2, 0.25) is 0 Å². The molecule has 2 aromatic rings. The summed E-state index contributed by atoms with van der Waals surface area (Å²) in [6.45, 7) is 7.88. The highest BCUT2D eigenvalue weighted by Gasteiger charge is 2.19. The fraction of sp³-hybridized carbons (Fsp3) is 0.400. The average molecular weight is 419 g/mol. The van der Waals surface area contributed by atoms with Crippen LogP contribution in [-0.2, 0) is 4.79 Å². The third-order valence-corrected chi connectivity index (χ3v) is 5.46. The molecule has 0 aliphatic heterocycles. The predicted molar refractivity (Wildman–Crippen MR) is 115 cm³/mol. The third kappa shape index (κ3) is 7.26. The Morgan fingerprint density at radius 2 is 1.90 bits per heavy atom. The second kappa shape index (κ2) is 9.60. The molecule has 1 unspecified atom stereocenters. The Morgan fingerprint density at radius 3 is 2.45 bits per heavy atom. The monoisotopic (exact) mass is 418 g/mol. The van der Waals surface area contributed by atoms with Crippen molar-refractivity contribution in [3.05, 3.63) is 46.4 Å². The highest BCUT2D eigenvalue weighted by Crippen LogP contribution is 2.26. The number of hydrogen-bond acceptors (Lipinski definition) is 5. The highest BCUT2D eigenvalue weighted by atomic mass is 32.2. The normalized spacial score (nSPS) is 12.3. The maximum Gasteiger partial charge on any atom is 0.409 e. The molecule has 1 atom stereocenters. The van der Waals surface area contributed by atoms with Crippen molar-refractivity contribution in [3.63, 3.8) is 0 Å². The summed E-state index contributed by atoms with van der Waals surface area (Å²) in [7, 11) is 0. The van der Waals surface area contributed by atoms with E-state index in [-0.39, 0.29) is 22.9 Å². The van der Waals surface area contributed by atoms with Gasteiger partial charge in [-0.25, -0.2) is 9.89 Å². The zero-order chi connectivity index (χ0) is 21.6. The molecular formula is C20H26N4O4S. The number of nitrogens with zero attached hydrogens (tertiary/aromatic N) is 1. The van der Waals surface area contributed by atoms with Crippen LogP contribution >= 0.6 is 11.8 Å². The Kier molecular flexibility index (Phi) is 7.44. The van der Waals surface area contributed by atoms with Gasteiger partial charge in [0.25, 0.3) is 5.56 Å². The zero-order valence-electron chi connectivity index (χ0n) is 16.9. The van der Waals surface area contributed by atoms with Crippen LogP contribution in [0, 0.1) is 5.41 Å². The Morgan fingerprint density at radius 1 is 1.24 bits per heavy atom. The van der Waals surface area contributed by atoms with Crippen LogP contribution in [0.3, 0.4) is 0 Å². The number of benzene rings is 1. The Bertz CT molecular complexity index is 919. The van der Waals surface area contributed by atoms with Gasteiger partial charge in [-0.1, -0.05) is 32.9 Å². The number of carbonyl (C=O) groups excluding carboxylic acids is 1. The molecule has 9 heteroatoms. The lowest BCUT2D eigenvalue weighted by Crippen LogP contribution is -2.30. The first-order chi connectivity index (χ1) is 13.5. The van der Waals surface area contributed by atoms with Crippen molar-refractivity contribution in [1.82, 2.24) is 15.5 Å². The Balaban J connectivity index is 2.28. The van der Waals surface area contributed by atoms with Crippen LogP contribution in [0.5, 0.6) is 0 Å². The molecule has 0 radical (unpaired) electrons. The molecule has 29 heavy (non-hydrogen) atoms. The minimum absolute atomic E-state index is 0.154. The summed E-state index contributed by atoms with van der Waals surface area (Å²) in [4.78, 5) is 34.7. The van der Waals surface area contributed by atoms with Crippen LogP contribution < -0.4 is 16.2 Å². The number of carboxylic acid groups (broad SMARTS) is 1. The van der Waals surface area contributed by atoms with E-state index in [0.29, 0.717) is 28.3 Å². The lowest BCUT2D eigenvalue weighted by atomic mass is 10.0. The number of rotatable bonds is 7. The zero-order valence-corrected chi connectivity index (χ0v) is 17.7. The summed E-state index contributed by atoms with van der Waals surface area (Å²) >= 11 is 1.71. The molecule has 4 N–H and O–H groups in total. The molecule has 0 aliphatic rings. The average Bonchev–Trinajstić information content (AvgIpc) is 2.60. The van der Waals surface area contributed by atoms with Crippen molar-refractivity contribution in [2.24, 2.45) is 5.41 Å². The number of aromatic nitrogens is 2. The van der Waals surface area contributed by atoms with E-state index in [4.69, 9.17) is 5.11 Å². The van der Waals surface area contributed by atoms with Gasteiger partial charge in [0.1, 0.15) is 0 Å². The van der Waals surface area contributed by atoms with E-state index in [1.54, 1.807) is 42.1 Å². The van der Waals surface area contributed by atoms with E-state index >= 15 is 0 Å². The number of hydrogen-bond donors (Lipinski definition) is 4. The largest absolute Gasteiger partial charge is 0.465 e. The van der Waals surface area contributed by atoms with Gasteiger partial charge in [0.15, 0.2) is 0 Å². The molecule has 0 saturated heterocycles. The molecule has 2 amide bonds. The van der Waals surface area contributed by atoms with Crippen LogP contribution in [-0.4, -0.2) is 38.8 Å². The molecule has 1 aromatic heterocycles. The van der Waals surface area contributed by atoms with E-state index in [2.05, 4.69) is 41.6 Å². The quantitative estimate of drug-likeness (QED) is 0.546. The molecule has 2 rings (SSSR count). The van der Waals surface area contributed by atoms with Gasteiger partial charge >= 0.3 is 6.09 Å². The number of anilines is 1. The number of carbonyl (C=O) groups is 2. The van der Waals surface area contributed by atoms with Gasteiger partial charge < -0.3 is 10.4 Å². The molecule has 0 saturated carbocycles. The molecule has 1 aromatic carbocycles. The smallest absolute Gasteiger partial charge is 0.409 e. The van der Waals surface area contributed by atoms with Gasteiger partial charge in [-0.3, -0.25) is 14.9 Å². The van der Waals surface area contributed by atoms with Crippen LogP contribution in [0.4, 0.5) is 10.5 Å². The maximum absolute atomic E-state index is 12.3. The number of aromatic amines is 1. The second-order valence-corrected chi connectivity index (χ2v) is 8.90. The molecule has 156 valence electrons. The van der Waals surface area contributed by atoms with Crippen molar-refractivity contribution in [2.45, 2.75) is 33.7 Å². The van der Waals surface area contributed by atoms with Gasteiger partial charge in [0.2, 0.25) is 5.91 Å². The number of H-pyrrole nitrogens is 1. The van der Waals surface area contributed by atoms with Crippen LogP contribution in [0.1, 0.15) is 39.4 Å². The minimum Gasteiger partial charge on any atom is -0.465 e. The first-order valence-electron chi connectivity index (χ1n) is 9.10. The lowest BCUT2D eigenvalue weighted by Gasteiger charge is -2.21. The fourth-order valence-corrected chi connectivity index (χ4v) is 3.82. The third-order valence-electron chi connectivity index (χ3n) is 3.82. The number of amides is 2. The first-order valence-corrected chi connectivity index (χ1v) is 10.3. The second-order valence-electron chi connectivity index (χ2n) is 7.87. The molecule has 8 nitrogen and oxygen atoms in total. The number of nitrogens with one attached hydrogen (secondary N) is 3. The summed E-state index contributed by atoms with van der Waals surface area (Å²) in [5.41, 5.74) is 1.77. The van der Waals surface area contributed by atoms with Crippen molar-refractivity contribution >= 4 is 29.4 Å². The van der Waals surface area contributed by atoms with Gasteiger partial charge in [0, 0.05) is 18.4 Å². The predicted octanol–water partition coefficient (Wildman–Crippen LogP) is 3.48. The van der Waals surface area contributed by atoms with Crippen molar-refractivity contribution in [2.75, 3.05) is 16.8 Å². The molecule has 0 aliphatic carbocycles. The minimum atomic E-state index is -1.16. The maximum atomic E-state index is 12.3. The summed E-state index contributed by atoms with van der Waals surface area (Å²) in [5, 5.41) is 20.6. The molecular weight excluding hydrogens is 392 g/mol. The van der Waals surface area contributed by atoms with Crippen molar-refractivity contribution in [3.8, 4) is 11.1 Å². The van der Waals surface area contributed by atoms with Gasteiger partial charge in [-0.2, -0.15) is 16.9 Å². The first kappa shape index (κ1) is 22.5. The summed E-state index contributed by atoms with van der Waals surface area (Å²) < 4.78 is 0. The number of thioether (sulfide) groups is 1. The highest BCUT2D eigenvalue weighted by molar-refractivity contribution is 7.99. The Labute approximate surface area is 173 Å². The summed E-state index contributed by atoms with van der Waals surface area (Å²) in [6, 6.07) is 7.78. The summed E-state index contributed by atoms with van der Waals surface area (Å²) in [5.74, 6) is 1.36. The van der Waals surface area contributed by atoms with Crippen molar-refractivity contribution in [1.29, 1.82) is 0 Å².